The fourth-order valence-electron chi connectivity index (χ4n) is 4.01. The van der Waals surface area contributed by atoms with Gasteiger partial charge in [0, 0.05) is 38.1 Å². The number of amides is 1. The lowest BCUT2D eigenvalue weighted by Crippen LogP contribution is -2.23. The summed E-state index contributed by atoms with van der Waals surface area (Å²) in [5.41, 5.74) is 2.74. The zero-order valence-electron chi connectivity index (χ0n) is 15.3. The lowest BCUT2D eigenvalue weighted by atomic mass is 10.0. The highest BCUT2D eigenvalue weighted by molar-refractivity contribution is 5.92. The van der Waals surface area contributed by atoms with Crippen molar-refractivity contribution >= 4 is 11.9 Å². The molecule has 0 unspecified atom stereocenters. The van der Waals surface area contributed by atoms with Gasteiger partial charge >= 0.3 is 0 Å². The minimum atomic E-state index is -0.195. The molecule has 2 aromatic heterocycles. The molecular formula is C19H26N6O. The summed E-state index contributed by atoms with van der Waals surface area (Å²) in [6, 6.07) is 1.63. The SMILES string of the molecule is CNC(=O)c1ccnc(N2Cc3cn(CC4CCCCCC4)nc3C2)n1. The molecule has 7 nitrogen and oxygen atoms in total. The van der Waals surface area contributed by atoms with Crippen molar-refractivity contribution in [3.8, 4) is 0 Å². The molecule has 2 aliphatic rings. The molecule has 1 aliphatic heterocycles. The summed E-state index contributed by atoms with van der Waals surface area (Å²) < 4.78 is 2.14. The van der Waals surface area contributed by atoms with Crippen LogP contribution >= 0.6 is 0 Å². The summed E-state index contributed by atoms with van der Waals surface area (Å²) in [4.78, 5) is 22.6. The summed E-state index contributed by atoms with van der Waals surface area (Å²) >= 11 is 0. The van der Waals surface area contributed by atoms with E-state index in [2.05, 4.69) is 31.1 Å². The molecule has 0 atom stereocenters. The van der Waals surface area contributed by atoms with Crippen LogP contribution in [0.1, 0.15) is 60.3 Å². The van der Waals surface area contributed by atoms with Crippen LogP contribution in [-0.4, -0.2) is 32.7 Å². The predicted molar refractivity (Wildman–Crippen MR) is 98.7 cm³/mol. The van der Waals surface area contributed by atoms with Crippen molar-refractivity contribution in [2.45, 2.75) is 58.2 Å². The Hall–Kier alpha value is -2.44. The number of carbonyl (C=O) groups is 1. The Labute approximate surface area is 153 Å². The standard InChI is InChI=1S/C19H26N6O/c1-20-18(26)16-8-9-21-19(22-16)24-11-15-12-25(23-17(15)13-24)10-14-6-4-2-3-5-7-14/h8-9,12,14H,2-7,10-11,13H2,1H3,(H,20,26). The zero-order chi connectivity index (χ0) is 17.9. The van der Waals surface area contributed by atoms with Crippen LogP contribution in [0.3, 0.4) is 0 Å². The second-order valence-corrected chi connectivity index (χ2v) is 7.36. The number of hydrogen-bond donors (Lipinski definition) is 1. The molecule has 1 fully saturated rings. The van der Waals surface area contributed by atoms with Gasteiger partial charge in [0.1, 0.15) is 5.69 Å². The summed E-state index contributed by atoms with van der Waals surface area (Å²) in [7, 11) is 1.60. The van der Waals surface area contributed by atoms with Crippen molar-refractivity contribution < 1.29 is 4.79 Å². The van der Waals surface area contributed by atoms with Crippen molar-refractivity contribution in [1.82, 2.24) is 25.1 Å². The van der Waals surface area contributed by atoms with Crippen molar-refractivity contribution in [3.63, 3.8) is 0 Å². The van der Waals surface area contributed by atoms with Gasteiger partial charge in [-0.25, -0.2) is 9.97 Å². The molecule has 1 amide bonds. The second-order valence-electron chi connectivity index (χ2n) is 7.36. The minimum absolute atomic E-state index is 0.195. The van der Waals surface area contributed by atoms with E-state index in [0.29, 0.717) is 18.2 Å². The number of nitrogens with zero attached hydrogens (tertiary/aromatic N) is 5. The molecular weight excluding hydrogens is 328 g/mol. The number of rotatable bonds is 4. The van der Waals surface area contributed by atoms with Crippen LogP contribution in [0.5, 0.6) is 0 Å². The van der Waals surface area contributed by atoms with Crippen molar-refractivity contribution in [1.29, 1.82) is 0 Å². The van der Waals surface area contributed by atoms with E-state index in [1.54, 1.807) is 19.3 Å². The van der Waals surface area contributed by atoms with Gasteiger partial charge in [0.05, 0.1) is 12.2 Å². The maximum Gasteiger partial charge on any atom is 0.269 e. The summed E-state index contributed by atoms with van der Waals surface area (Å²) in [6.45, 7) is 2.48. The summed E-state index contributed by atoms with van der Waals surface area (Å²) in [5, 5.41) is 7.40. The third-order valence-corrected chi connectivity index (χ3v) is 5.43. The Kier molecular flexibility index (Phi) is 4.86. The lowest BCUT2D eigenvalue weighted by Gasteiger charge is -2.17. The molecule has 2 aromatic rings. The topological polar surface area (TPSA) is 75.9 Å². The van der Waals surface area contributed by atoms with Gasteiger partial charge < -0.3 is 10.2 Å². The Morgan fingerprint density at radius 2 is 2.04 bits per heavy atom. The zero-order valence-corrected chi connectivity index (χ0v) is 15.3. The van der Waals surface area contributed by atoms with Crippen LogP contribution in [0.25, 0.3) is 0 Å². The van der Waals surface area contributed by atoms with Crippen LogP contribution in [0.4, 0.5) is 5.95 Å². The molecule has 1 N–H and O–H groups in total. The average molecular weight is 354 g/mol. The van der Waals surface area contributed by atoms with E-state index in [-0.39, 0.29) is 5.91 Å². The van der Waals surface area contributed by atoms with Crippen LogP contribution < -0.4 is 10.2 Å². The van der Waals surface area contributed by atoms with Gasteiger partial charge in [0.15, 0.2) is 0 Å². The molecule has 1 saturated carbocycles. The van der Waals surface area contributed by atoms with Crippen LogP contribution in [0, 0.1) is 5.92 Å². The van der Waals surface area contributed by atoms with Gasteiger partial charge in [-0.2, -0.15) is 5.10 Å². The fraction of sp³-hybridized carbons (Fsp3) is 0.579. The number of nitrogens with one attached hydrogen (secondary N) is 1. The van der Waals surface area contributed by atoms with E-state index in [1.165, 1.54) is 44.1 Å². The first-order valence-corrected chi connectivity index (χ1v) is 9.58. The number of aromatic nitrogens is 4. The Morgan fingerprint density at radius 1 is 1.23 bits per heavy atom. The van der Waals surface area contributed by atoms with Gasteiger partial charge in [0.25, 0.3) is 5.91 Å². The number of hydrogen-bond acceptors (Lipinski definition) is 5. The summed E-state index contributed by atoms with van der Waals surface area (Å²) in [6.07, 6.45) is 12.0. The van der Waals surface area contributed by atoms with Gasteiger partial charge in [-0.05, 0) is 24.8 Å². The monoisotopic (exact) mass is 354 g/mol. The first kappa shape index (κ1) is 17.0. The molecule has 0 spiro atoms. The van der Waals surface area contributed by atoms with E-state index in [0.717, 1.165) is 24.7 Å². The van der Waals surface area contributed by atoms with E-state index in [1.807, 2.05) is 0 Å². The maximum absolute atomic E-state index is 11.8. The molecule has 138 valence electrons. The maximum atomic E-state index is 11.8. The largest absolute Gasteiger partial charge is 0.354 e. The first-order chi connectivity index (χ1) is 12.7. The van der Waals surface area contributed by atoms with E-state index in [9.17, 15) is 4.79 Å². The van der Waals surface area contributed by atoms with Crippen molar-refractivity contribution in [2.75, 3.05) is 11.9 Å². The molecule has 0 bridgehead atoms. The molecule has 0 aromatic carbocycles. The Bertz CT molecular complexity index is 755. The quantitative estimate of drug-likeness (QED) is 0.854. The molecule has 0 radical (unpaired) electrons. The van der Waals surface area contributed by atoms with Gasteiger partial charge in [-0.3, -0.25) is 9.48 Å². The number of fused-ring (bicyclic) bond motifs is 1. The number of anilines is 1. The molecule has 7 heteroatoms. The average Bonchev–Trinajstić information content (AvgIpc) is 3.11. The Balaban J connectivity index is 1.42. The third-order valence-electron chi connectivity index (χ3n) is 5.43. The highest BCUT2D eigenvalue weighted by Crippen LogP contribution is 2.27. The molecule has 4 rings (SSSR count). The second kappa shape index (κ2) is 7.43. The molecule has 3 heterocycles. The molecule has 26 heavy (non-hydrogen) atoms. The third kappa shape index (κ3) is 3.57. The van der Waals surface area contributed by atoms with Crippen LogP contribution in [0.15, 0.2) is 18.5 Å². The normalized spacial score (nSPS) is 17.8. The highest BCUT2D eigenvalue weighted by atomic mass is 16.1. The smallest absolute Gasteiger partial charge is 0.269 e. The van der Waals surface area contributed by atoms with Crippen molar-refractivity contribution in [2.24, 2.45) is 5.92 Å². The Morgan fingerprint density at radius 3 is 2.77 bits per heavy atom. The van der Waals surface area contributed by atoms with E-state index in [4.69, 9.17) is 5.10 Å². The minimum Gasteiger partial charge on any atom is -0.354 e. The van der Waals surface area contributed by atoms with Crippen LogP contribution in [-0.2, 0) is 19.6 Å². The van der Waals surface area contributed by atoms with Gasteiger partial charge in [-0.15, -0.1) is 0 Å². The lowest BCUT2D eigenvalue weighted by molar-refractivity contribution is 0.0958. The van der Waals surface area contributed by atoms with E-state index >= 15 is 0 Å². The molecule has 0 saturated heterocycles. The summed E-state index contributed by atoms with van der Waals surface area (Å²) in [5.74, 6) is 1.15. The highest BCUT2D eigenvalue weighted by Gasteiger charge is 2.25. The van der Waals surface area contributed by atoms with Crippen LogP contribution in [0.2, 0.25) is 0 Å². The fourth-order valence-corrected chi connectivity index (χ4v) is 4.01. The van der Waals surface area contributed by atoms with Crippen molar-refractivity contribution in [3.05, 3.63) is 35.4 Å². The predicted octanol–water partition coefficient (Wildman–Crippen LogP) is 2.52. The van der Waals surface area contributed by atoms with Gasteiger partial charge in [-0.1, -0.05) is 25.7 Å². The van der Waals surface area contributed by atoms with Gasteiger partial charge in [0.2, 0.25) is 5.95 Å². The first-order valence-electron chi connectivity index (χ1n) is 9.58. The van der Waals surface area contributed by atoms with E-state index < -0.39 is 0 Å². The molecule has 1 aliphatic carbocycles. The number of carbonyl (C=O) groups excluding carboxylic acids is 1.